The van der Waals surface area contributed by atoms with Gasteiger partial charge in [-0.2, -0.15) is 5.26 Å². The summed E-state index contributed by atoms with van der Waals surface area (Å²) in [5, 5.41) is 30.2. The first-order valence-corrected chi connectivity index (χ1v) is 20.3. The maximum absolute atomic E-state index is 13.9. The summed E-state index contributed by atoms with van der Waals surface area (Å²) in [6.07, 6.45) is 18.4. The molecular formula is C39H65ClN4O5. The van der Waals surface area contributed by atoms with Crippen LogP contribution in [0.25, 0.3) is 0 Å². The normalized spacial score (nSPS) is 33.4. The zero-order valence-corrected chi connectivity index (χ0v) is 31.3. The molecule has 278 valence electrons. The molecule has 4 N–H and O–H groups in total. The average Bonchev–Trinajstić information content (AvgIpc) is 3.07. The van der Waals surface area contributed by atoms with E-state index in [4.69, 9.17) is 16.3 Å². The highest BCUT2D eigenvalue weighted by Gasteiger charge is 2.54. The van der Waals surface area contributed by atoms with E-state index in [1.807, 2.05) is 13.8 Å². The van der Waals surface area contributed by atoms with Crippen LogP contribution in [-0.2, 0) is 19.1 Å². The summed E-state index contributed by atoms with van der Waals surface area (Å²) in [4.78, 5) is 40.1. The lowest BCUT2D eigenvalue weighted by Crippen LogP contribution is -2.68. The van der Waals surface area contributed by atoms with Gasteiger partial charge in [-0.15, -0.1) is 11.6 Å². The third kappa shape index (κ3) is 11.3. The zero-order chi connectivity index (χ0) is 35.4. The second-order valence-corrected chi connectivity index (χ2v) is 16.9. The van der Waals surface area contributed by atoms with Crippen molar-refractivity contribution in [3.8, 4) is 6.07 Å². The first kappa shape index (κ1) is 39.9. The van der Waals surface area contributed by atoms with E-state index in [-0.39, 0.29) is 47.7 Å². The Hall–Kier alpha value is -1.89. The molecule has 1 saturated heterocycles. The van der Waals surface area contributed by atoms with Gasteiger partial charge in [0.25, 0.3) is 0 Å². The number of carbonyl (C=O) groups is 3. The van der Waals surface area contributed by atoms with Crippen molar-refractivity contribution < 1.29 is 24.2 Å². The Morgan fingerprint density at radius 3 is 2.29 bits per heavy atom. The number of amides is 3. The minimum atomic E-state index is -0.849. The lowest BCUT2D eigenvalue weighted by Gasteiger charge is -2.53. The molecule has 3 saturated carbocycles. The largest absolute Gasteiger partial charge is 0.391 e. The highest BCUT2D eigenvalue weighted by molar-refractivity contribution is 6.21. The summed E-state index contributed by atoms with van der Waals surface area (Å²) in [7, 11) is 0. The predicted octanol–water partition coefficient (Wildman–Crippen LogP) is 6.83. The Morgan fingerprint density at radius 1 is 0.959 bits per heavy atom. The SMILES string of the molecule is CCCCCCCCCCCCC(OC1CCCCC1C#N)C(=O)NC1CCCCC1C(=O)NC1CC(Cl)C2NC(=O)CC(C)(C)C2C1O. The highest BCUT2D eigenvalue weighted by Crippen LogP contribution is 2.45. The lowest BCUT2D eigenvalue weighted by atomic mass is 9.62. The fourth-order valence-corrected chi connectivity index (χ4v) is 9.55. The minimum absolute atomic E-state index is 0.0607. The van der Waals surface area contributed by atoms with Crippen LogP contribution in [0.4, 0.5) is 0 Å². The number of hydrogen-bond donors (Lipinski definition) is 4. The molecule has 4 rings (SSSR count). The number of nitrogens with one attached hydrogen (secondary N) is 3. The van der Waals surface area contributed by atoms with Gasteiger partial charge in [-0.25, -0.2) is 0 Å². The van der Waals surface area contributed by atoms with Crippen molar-refractivity contribution in [2.75, 3.05) is 0 Å². The topological polar surface area (TPSA) is 141 Å². The summed E-state index contributed by atoms with van der Waals surface area (Å²) >= 11 is 6.78. The molecule has 10 atom stereocenters. The molecule has 3 amide bonds. The van der Waals surface area contributed by atoms with Crippen molar-refractivity contribution in [2.45, 2.75) is 197 Å². The molecule has 1 aliphatic heterocycles. The summed E-state index contributed by atoms with van der Waals surface area (Å²) in [5.74, 6) is -1.31. The average molecular weight is 705 g/mol. The molecular weight excluding hydrogens is 640 g/mol. The first-order chi connectivity index (χ1) is 23.6. The van der Waals surface area contributed by atoms with Crippen LogP contribution in [0.1, 0.15) is 156 Å². The van der Waals surface area contributed by atoms with Crippen molar-refractivity contribution in [1.82, 2.24) is 16.0 Å². The van der Waals surface area contributed by atoms with Gasteiger partial charge in [0.1, 0.15) is 6.10 Å². The van der Waals surface area contributed by atoms with Gasteiger partial charge in [0.05, 0.1) is 47.6 Å². The Labute approximate surface area is 300 Å². The number of ether oxygens (including phenoxy) is 1. The number of piperidine rings is 1. The number of fused-ring (bicyclic) bond motifs is 1. The smallest absolute Gasteiger partial charge is 0.249 e. The molecule has 4 aliphatic rings. The number of aliphatic hydroxyl groups excluding tert-OH is 1. The summed E-state index contributed by atoms with van der Waals surface area (Å²) in [6, 6.07) is 1.21. The lowest BCUT2D eigenvalue weighted by molar-refractivity contribution is -0.143. The van der Waals surface area contributed by atoms with Gasteiger partial charge in [0, 0.05) is 18.4 Å². The molecule has 0 radical (unpaired) electrons. The van der Waals surface area contributed by atoms with E-state index < -0.39 is 35.0 Å². The van der Waals surface area contributed by atoms with Gasteiger partial charge in [0.2, 0.25) is 17.7 Å². The first-order valence-electron chi connectivity index (χ1n) is 19.8. The Kier molecular flexibility index (Phi) is 16.0. The maximum atomic E-state index is 13.9. The fourth-order valence-electron chi connectivity index (χ4n) is 9.14. The third-order valence-electron chi connectivity index (χ3n) is 12.0. The van der Waals surface area contributed by atoms with Crippen LogP contribution in [-0.4, -0.2) is 64.6 Å². The van der Waals surface area contributed by atoms with E-state index >= 15 is 0 Å². The van der Waals surface area contributed by atoms with Gasteiger partial charge in [0.15, 0.2) is 0 Å². The number of aliphatic hydroxyl groups is 1. The van der Waals surface area contributed by atoms with E-state index in [1.165, 1.54) is 44.9 Å². The molecule has 0 aromatic heterocycles. The van der Waals surface area contributed by atoms with Crippen LogP contribution in [0.15, 0.2) is 0 Å². The minimum Gasteiger partial charge on any atom is -0.391 e. The van der Waals surface area contributed by atoms with Crippen LogP contribution >= 0.6 is 11.6 Å². The molecule has 49 heavy (non-hydrogen) atoms. The molecule has 0 aromatic carbocycles. The standard InChI is InChI=1S/C39H65ClN4O5/c1-4-5-6-7-8-9-10-11-12-13-22-32(49-31-21-17-14-18-26(31)25-41)38(48)42-29-20-16-15-19-27(29)37(47)43-30-23-28(40)35-34(36(30)46)39(2,3)24-33(45)44-35/h26-32,34-36,46H,4-24H2,1-3H3,(H,42,48)(H,43,47)(H,44,45). The van der Waals surface area contributed by atoms with Crippen LogP contribution in [0, 0.1) is 34.5 Å². The van der Waals surface area contributed by atoms with Crippen molar-refractivity contribution in [2.24, 2.45) is 23.2 Å². The summed E-state index contributed by atoms with van der Waals surface area (Å²) in [6.45, 7) is 6.20. The molecule has 3 aliphatic carbocycles. The van der Waals surface area contributed by atoms with E-state index in [0.29, 0.717) is 32.1 Å². The number of hydrogen-bond acceptors (Lipinski definition) is 6. The van der Waals surface area contributed by atoms with Gasteiger partial charge in [-0.1, -0.05) is 111 Å². The molecule has 10 unspecified atom stereocenters. The van der Waals surface area contributed by atoms with Gasteiger partial charge < -0.3 is 25.8 Å². The predicted molar refractivity (Wildman–Crippen MR) is 193 cm³/mol. The van der Waals surface area contributed by atoms with Gasteiger partial charge >= 0.3 is 0 Å². The molecule has 0 aromatic rings. The maximum Gasteiger partial charge on any atom is 0.249 e. The number of nitrogens with zero attached hydrogens (tertiary/aromatic N) is 1. The number of carbonyl (C=O) groups excluding carboxylic acids is 3. The highest BCUT2D eigenvalue weighted by atomic mass is 35.5. The Balaban J connectivity index is 1.35. The molecule has 10 heteroatoms. The molecule has 9 nitrogen and oxygen atoms in total. The van der Waals surface area contributed by atoms with Crippen LogP contribution in [0.5, 0.6) is 0 Å². The number of alkyl halides is 1. The molecule has 4 fully saturated rings. The molecule has 0 bridgehead atoms. The van der Waals surface area contributed by atoms with Crippen LogP contribution < -0.4 is 16.0 Å². The summed E-state index contributed by atoms with van der Waals surface area (Å²) in [5.41, 5.74) is -0.462. The quantitative estimate of drug-likeness (QED) is 0.0967. The number of rotatable bonds is 17. The zero-order valence-electron chi connectivity index (χ0n) is 30.5. The Morgan fingerprint density at radius 2 is 1.59 bits per heavy atom. The van der Waals surface area contributed by atoms with E-state index in [1.54, 1.807) is 0 Å². The van der Waals surface area contributed by atoms with Crippen molar-refractivity contribution in [3.05, 3.63) is 0 Å². The second kappa shape index (κ2) is 19.6. The number of halogens is 1. The van der Waals surface area contributed by atoms with E-state index in [9.17, 15) is 24.8 Å². The Bertz CT molecular complexity index is 1110. The van der Waals surface area contributed by atoms with Gasteiger partial charge in [-0.05, 0) is 43.9 Å². The summed E-state index contributed by atoms with van der Waals surface area (Å²) < 4.78 is 6.49. The number of nitriles is 1. The fraction of sp³-hybridized carbons (Fsp3) is 0.897. The monoisotopic (exact) mass is 704 g/mol. The van der Waals surface area contributed by atoms with Crippen molar-refractivity contribution in [3.63, 3.8) is 0 Å². The van der Waals surface area contributed by atoms with Gasteiger partial charge in [-0.3, -0.25) is 14.4 Å². The molecule has 0 spiro atoms. The van der Waals surface area contributed by atoms with Crippen molar-refractivity contribution in [1.29, 1.82) is 5.26 Å². The van der Waals surface area contributed by atoms with Crippen LogP contribution in [0.2, 0.25) is 0 Å². The third-order valence-corrected chi connectivity index (χ3v) is 12.4. The van der Waals surface area contributed by atoms with Crippen molar-refractivity contribution >= 4 is 29.3 Å². The number of unbranched alkanes of at least 4 members (excludes halogenated alkanes) is 9. The van der Waals surface area contributed by atoms with E-state index in [0.717, 1.165) is 57.8 Å². The molecule has 1 heterocycles. The van der Waals surface area contributed by atoms with Crippen LogP contribution in [0.3, 0.4) is 0 Å². The second-order valence-electron chi connectivity index (χ2n) is 16.3. The van der Waals surface area contributed by atoms with E-state index in [2.05, 4.69) is 28.9 Å².